The quantitative estimate of drug-likeness (QED) is 0.277. The van der Waals surface area contributed by atoms with Crippen molar-refractivity contribution in [3.8, 4) is 11.3 Å². The van der Waals surface area contributed by atoms with Crippen LogP contribution in [-0.4, -0.2) is 46.9 Å². The van der Waals surface area contributed by atoms with Crippen molar-refractivity contribution in [1.29, 1.82) is 0 Å². The van der Waals surface area contributed by atoms with Crippen molar-refractivity contribution in [2.24, 2.45) is 0 Å². The molecule has 0 saturated carbocycles. The highest BCUT2D eigenvalue weighted by Crippen LogP contribution is 2.29. The molecule has 1 amide bonds. The minimum atomic E-state index is -0.396. The number of piperazine rings is 1. The van der Waals surface area contributed by atoms with E-state index >= 15 is 0 Å². The van der Waals surface area contributed by atoms with Crippen molar-refractivity contribution < 1.29 is 9.72 Å². The molecule has 2 heterocycles. The highest BCUT2D eigenvalue weighted by molar-refractivity contribution is 6.08. The summed E-state index contributed by atoms with van der Waals surface area (Å²) in [6.07, 6.45) is 0. The zero-order valence-corrected chi connectivity index (χ0v) is 20.7. The lowest BCUT2D eigenvalue weighted by atomic mass is 9.99. The van der Waals surface area contributed by atoms with Crippen LogP contribution in [0.4, 0.5) is 11.4 Å². The zero-order valence-electron chi connectivity index (χ0n) is 20.7. The summed E-state index contributed by atoms with van der Waals surface area (Å²) in [6, 6.07) is 20.7. The third-order valence-electron chi connectivity index (χ3n) is 7.07. The first-order valence-electron chi connectivity index (χ1n) is 12.1. The van der Waals surface area contributed by atoms with Gasteiger partial charge in [-0.1, -0.05) is 30.3 Å². The molecule has 0 unspecified atom stereocenters. The predicted molar refractivity (Wildman–Crippen MR) is 143 cm³/mol. The van der Waals surface area contributed by atoms with E-state index in [9.17, 15) is 14.9 Å². The highest BCUT2D eigenvalue weighted by atomic mass is 16.6. The van der Waals surface area contributed by atoms with Crippen LogP contribution in [0.2, 0.25) is 0 Å². The van der Waals surface area contributed by atoms with Crippen molar-refractivity contribution in [1.82, 2.24) is 9.88 Å². The molecule has 5 rings (SSSR count). The lowest BCUT2D eigenvalue weighted by Crippen LogP contribution is -2.48. The van der Waals surface area contributed by atoms with E-state index in [1.807, 2.05) is 36.1 Å². The number of nitrogens with zero attached hydrogens (tertiary/aromatic N) is 4. The van der Waals surface area contributed by atoms with Gasteiger partial charge in [0.05, 0.1) is 21.7 Å². The lowest BCUT2D eigenvalue weighted by Gasteiger charge is -2.36. The Morgan fingerprint density at radius 3 is 2.25 bits per heavy atom. The number of nitro groups is 1. The molecule has 1 aliphatic heterocycles. The first-order chi connectivity index (χ1) is 17.3. The number of anilines is 1. The van der Waals surface area contributed by atoms with Gasteiger partial charge in [0.1, 0.15) is 0 Å². The zero-order chi connectivity index (χ0) is 25.4. The van der Waals surface area contributed by atoms with Crippen LogP contribution >= 0.6 is 0 Å². The summed E-state index contributed by atoms with van der Waals surface area (Å²) < 4.78 is 0. The number of non-ortho nitro benzene ring substituents is 1. The topological polar surface area (TPSA) is 79.6 Å². The monoisotopic (exact) mass is 480 g/mol. The Labute approximate surface area is 210 Å². The van der Waals surface area contributed by atoms with Crippen LogP contribution in [0.25, 0.3) is 22.2 Å². The molecule has 0 N–H and O–H groups in total. The summed E-state index contributed by atoms with van der Waals surface area (Å²) in [5.74, 6) is 0.00133. The third kappa shape index (κ3) is 4.40. The fourth-order valence-electron chi connectivity index (χ4n) is 4.74. The molecule has 1 saturated heterocycles. The van der Waals surface area contributed by atoms with Gasteiger partial charge in [0.25, 0.3) is 11.6 Å². The fraction of sp³-hybridized carbons (Fsp3) is 0.241. The minimum absolute atomic E-state index is 0.00133. The van der Waals surface area contributed by atoms with Crippen LogP contribution in [0.5, 0.6) is 0 Å². The third-order valence-corrected chi connectivity index (χ3v) is 7.07. The van der Waals surface area contributed by atoms with Gasteiger partial charge in [0.15, 0.2) is 0 Å². The second-order valence-electron chi connectivity index (χ2n) is 9.38. The van der Waals surface area contributed by atoms with E-state index in [1.165, 1.54) is 23.3 Å². The number of hydrogen-bond donors (Lipinski definition) is 0. The molecule has 0 spiro atoms. The molecule has 3 aromatic carbocycles. The number of para-hydroxylation sites is 1. The van der Waals surface area contributed by atoms with Crippen LogP contribution in [0, 0.1) is 30.9 Å². The second-order valence-corrected chi connectivity index (χ2v) is 9.38. The smallest absolute Gasteiger partial charge is 0.269 e. The van der Waals surface area contributed by atoms with E-state index in [-0.39, 0.29) is 11.6 Å². The molecule has 0 atom stereocenters. The number of carbonyl (C=O) groups is 1. The summed E-state index contributed by atoms with van der Waals surface area (Å²) in [4.78, 5) is 33.3. The number of carbonyl (C=O) groups excluding carboxylic acids is 1. The summed E-state index contributed by atoms with van der Waals surface area (Å²) in [7, 11) is 0. The predicted octanol–water partition coefficient (Wildman–Crippen LogP) is 5.70. The Hall–Kier alpha value is -4.26. The summed E-state index contributed by atoms with van der Waals surface area (Å²) in [5.41, 5.74) is 7.76. The molecule has 7 nitrogen and oxygen atoms in total. The number of aryl methyl sites for hydroxylation is 3. The van der Waals surface area contributed by atoms with Gasteiger partial charge in [-0.2, -0.15) is 0 Å². The van der Waals surface area contributed by atoms with Crippen LogP contribution < -0.4 is 4.90 Å². The first kappa shape index (κ1) is 23.5. The van der Waals surface area contributed by atoms with Gasteiger partial charge in [-0.05, 0) is 61.7 Å². The van der Waals surface area contributed by atoms with Crippen molar-refractivity contribution in [3.05, 3.63) is 99.1 Å². The maximum absolute atomic E-state index is 13.8. The van der Waals surface area contributed by atoms with Gasteiger partial charge >= 0.3 is 0 Å². The lowest BCUT2D eigenvalue weighted by molar-refractivity contribution is -0.384. The number of fused-ring (bicyclic) bond motifs is 1. The Morgan fingerprint density at radius 2 is 1.58 bits per heavy atom. The number of amides is 1. The van der Waals surface area contributed by atoms with Gasteiger partial charge in [-0.3, -0.25) is 14.9 Å². The molecule has 0 radical (unpaired) electrons. The average molecular weight is 481 g/mol. The minimum Gasteiger partial charge on any atom is -0.368 e. The van der Waals surface area contributed by atoms with Crippen LogP contribution in [-0.2, 0) is 0 Å². The maximum atomic E-state index is 13.8. The van der Waals surface area contributed by atoms with E-state index in [0.29, 0.717) is 31.7 Å². The van der Waals surface area contributed by atoms with Gasteiger partial charge in [-0.25, -0.2) is 4.98 Å². The molecule has 182 valence electrons. The molecule has 1 aliphatic rings. The molecular formula is C29H28N4O3. The maximum Gasteiger partial charge on any atom is 0.269 e. The first-order valence-corrected chi connectivity index (χ1v) is 12.1. The van der Waals surface area contributed by atoms with E-state index in [0.717, 1.165) is 33.4 Å². The van der Waals surface area contributed by atoms with Crippen molar-refractivity contribution in [2.45, 2.75) is 20.8 Å². The van der Waals surface area contributed by atoms with E-state index in [4.69, 9.17) is 4.98 Å². The molecule has 7 heteroatoms. The van der Waals surface area contributed by atoms with E-state index in [2.05, 4.69) is 36.9 Å². The van der Waals surface area contributed by atoms with Gasteiger partial charge in [0.2, 0.25) is 0 Å². The largest absolute Gasteiger partial charge is 0.368 e. The van der Waals surface area contributed by atoms with Gasteiger partial charge in [-0.15, -0.1) is 0 Å². The highest BCUT2D eigenvalue weighted by Gasteiger charge is 2.25. The Bertz CT molecular complexity index is 1470. The molecule has 1 fully saturated rings. The van der Waals surface area contributed by atoms with Gasteiger partial charge in [0, 0.05) is 54.9 Å². The van der Waals surface area contributed by atoms with Crippen LogP contribution in [0.1, 0.15) is 27.0 Å². The summed E-state index contributed by atoms with van der Waals surface area (Å²) in [6.45, 7) is 8.67. The number of benzene rings is 3. The Morgan fingerprint density at radius 1 is 0.861 bits per heavy atom. The Balaban J connectivity index is 1.43. The number of hydrogen-bond acceptors (Lipinski definition) is 5. The molecule has 4 aromatic rings. The summed E-state index contributed by atoms with van der Waals surface area (Å²) in [5, 5.41) is 11.8. The number of nitro benzene ring substituents is 1. The molecule has 1 aromatic heterocycles. The molecule has 0 aliphatic carbocycles. The molecule has 36 heavy (non-hydrogen) atoms. The molecule has 0 bridgehead atoms. The van der Waals surface area contributed by atoms with Crippen molar-refractivity contribution in [2.75, 3.05) is 31.1 Å². The average Bonchev–Trinajstić information content (AvgIpc) is 2.90. The van der Waals surface area contributed by atoms with Crippen molar-refractivity contribution in [3.63, 3.8) is 0 Å². The Kier molecular flexibility index (Phi) is 6.14. The normalized spacial score (nSPS) is 13.8. The van der Waals surface area contributed by atoms with Crippen LogP contribution in [0.15, 0.2) is 66.7 Å². The second kappa shape index (κ2) is 9.41. The summed E-state index contributed by atoms with van der Waals surface area (Å²) >= 11 is 0. The van der Waals surface area contributed by atoms with Crippen molar-refractivity contribution >= 4 is 28.2 Å². The fourth-order valence-corrected chi connectivity index (χ4v) is 4.74. The number of aromatic nitrogens is 1. The number of pyridine rings is 1. The standard InChI is InChI=1S/C29H28N4O3/c1-19-7-8-22(17-21(19)3)27-18-26(25-6-4-5-20(2)28(25)30-27)29(34)32-15-13-31(14-16-32)23-9-11-24(12-10-23)33(35)36/h4-12,17-18H,13-16H2,1-3H3. The van der Waals surface area contributed by atoms with E-state index < -0.39 is 4.92 Å². The SMILES string of the molecule is Cc1ccc(-c2cc(C(=O)N3CCN(c4ccc([N+](=O)[O-])cc4)CC3)c3cccc(C)c3n2)cc1C. The van der Waals surface area contributed by atoms with Crippen LogP contribution in [0.3, 0.4) is 0 Å². The van der Waals surface area contributed by atoms with Gasteiger partial charge < -0.3 is 9.80 Å². The van der Waals surface area contributed by atoms with E-state index in [1.54, 1.807) is 12.1 Å². The number of rotatable bonds is 4. The molecular weight excluding hydrogens is 452 g/mol.